The van der Waals surface area contributed by atoms with Crippen molar-refractivity contribution in [2.24, 2.45) is 0 Å². The molecule has 0 spiro atoms. The largest absolute Gasteiger partial charge is 0.480 e. The van der Waals surface area contributed by atoms with Crippen molar-refractivity contribution in [2.75, 3.05) is 13.2 Å². The van der Waals surface area contributed by atoms with Gasteiger partial charge in [0.05, 0.1) is 18.0 Å². The zero-order valence-corrected chi connectivity index (χ0v) is 21.7. The summed E-state index contributed by atoms with van der Waals surface area (Å²) in [6.45, 7) is 2.22. The molecule has 0 heterocycles. The summed E-state index contributed by atoms with van der Waals surface area (Å²) in [5, 5.41) is 25.9. The van der Waals surface area contributed by atoms with Crippen LogP contribution in [0.4, 0.5) is 10.5 Å². The number of unbranched alkanes of at least 4 members (excludes halogenated alkanes) is 2. The maximum absolute atomic E-state index is 12.5. The molecule has 12 nitrogen and oxygen atoms in total. The zero-order valence-electron chi connectivity index (χ0n) is 21.7. The molecule has 0 radical (unpaired) electrons. The number of benzene rings is 2. The van der Waals surface area contributed by atoms with Crippen LogP contribution in [-0.4, -0.2) is 53.2 Å². The van der Waals surface area contributed by atoms with E-state index in [1.165, 1.54) is 24.3 Å². The van der Waals surface area contributed by atoms with Crippen LogP contribution in [0.15, 0.2) is 54.6 Å². The van der Waals surface area contributed by atoms with Gasteiger partial charge in [-0.3, -0.25) is 19.7 Å². The minimum atomic E-state index is -1.45. The van der Waals surface area contributed by atoms with Gasteiger partial charge in [0.1, 0.15) is 12.6 Å². The summed E-state index contributed by atoms with van der Waals surface area (Å²) in [4.78, 5) is 58.9. The fourth-order valence-corrected chi connectivity index (χ4v) is 3.80. The van der Waals surface area contributed by atoms with E-state index in [1.54, 1.807) is 6.92 Å². The quantitative estimate of drug-likeness (QED) is 0.123. The number of nitro groups is 1. The lowest BCUT2D eigenvalue weighted by Crippen LogP contribution is -2.45. The molecule has 2 aromatic carbocycles. The Bertz CT molecular complexity index is 1110. The second-order valence-electron chi connectivity index (χ2n) is 8.65. The predicted molar refractivity (Wildman–Crippen MR) is 140 cm³/mol. The van der Waals surface area contributed by atoms with E-state index in [0.29, 0.717) is 31.4 Å². The highest BCUT2D eigenvalue weighted by atomic mass is 16.6. The number of aliphatic carboxylic acids is 1. The minimum Gasteiger partial charge on any atom is -0.480 e. The lowest BCUT2D eigenvalue weighted by molar-refractivity contribution is -0.384. The van der Waals surface area contributed by atoms with Crippen molar-refractivity contribution in [1.82, 2.24) is 10.6 Å². The number of amides is 2. The van der Waals surface area contributed by atoms with Crippen molar-refractivity contribution in [2.45, 2.75) is 57.6 Å². The van der Waals surface area contributed by atoms with Crippen LogP contribution >= 0.6 is 0 Å². The van der Waals surface area contributed by atoms with Crippen molar-refractivity contribution in [3.63, 3.8) is 0 Å². The Morgan fingerprint density at radius 2 is 1.67 bits per heavy atom. The summed E-state index contributed by atoms with van der Waals surface area (Å²) in [5.41, 5.74) is 1.02. The Kier molecular flexibility index (Phi) is 12.9. The summed E-state index contributed by atoms with van der Waals surface area (Å²) in [6, 6.07) is 12.9. The van der Waals surface area contributed by atoms with Gasteiger partial charge in [-0.25, -0.2) is 9.59 Å². The molecule has 0 fully saturated rings. The third-order valence-corrected chi connectivity index (χ3v) is 5.77. The van der Waals surface area contributed by atoms with Crippen molar-refractivity contribution in [3.8, 4) is 0 Å². The molecule has 2 atom stereocenters. The lowest BCUT2D eigenvalue weighted by atomic mass is 9.88. The van der Waals surface area contributed by atoms with E-state index in [0.717, 1.165) is 5.56 Å². The fourth-order valence-electron chi connectivity index (χ4n) is 3.80. The van der Waals surface area contributed by atoms with Crippen LogP contribution in [0.5, 0.6) is 0 Å². The molecule has 0 saturated heterocycles. The van der Waals surface area contributed by atoms with Crippen molar-refractivity contribution in [3.05, 3.63) is 75.8 Å². The van der Waals surface area contributed by atoms with Crippen LogP contribution in [0.25, 0.3) is 0 Å². The summed E-state index contributed by atoms with van der Waals surface area (Å²) < 4.78 is 10.1. The second kappa shape index (κ2) is 16.4. The number of carbonyl (C=O) groups is 4. The van der Waals surface area contributed by atoms with Gasteiger partial charge in [0, 0.05) is 31.0 Å². The number of nitro benzene ring substituents is 1. The van der Waals surface area contributed by atoms with Crippen LogP contribution in [0.3, 0.4) is 0 Å². The molecule has 2 aromatic rings. The van der Waals surface area contributed by atoms with Crippen molar-refractivity contribution in [1.29, 1.82) is 0 Å². The molecular weight excluding hydrogens is 510 g/mol. The third-order valence-electron chi connectivity index (χ3n) is 5.77. The molecular formula is C27H33N3O9. The number of non-ortho nitro benzene ring substituents is 1. The molecule has 2 amide bonds. The molecule has 0 saturated carbocycles. The van der Waals surface area contributed by atoms with Gasteiger partial charge in [0.15, 0.2) is 0 Å². The average Bonchev–Trinajstić information content (AvgIpc) is 2.92. The molecule has 2 rings (SSSR count). The van der Waals surface area contributed by atoms with E-state index < -0.39 is 40.8 Å². The fraction of sp³-hybridized carbons (Fsp3) is 0.407. The van der Waals surface area contributed by atoms with Crippen LogP contribution in [-0.2, 0) is 30.5 Å². The molecule has 3 N–H and O–H groups in total. The number of carbonyl (C=O) groups excluding carboxylic acids is 3. The summed E-state index contributed by atoms with van der Waals surface area (Å²) in [6.07, 6.45) is 0.783. The average molecular weight is 544 g/mol. The van der Waals surface area contributed by atoms with E-state index in [1.807, 2.05) is 30.3 Å². The number of alkyl carbamates (subject to hydrolysis) is 1. The topological polar surface area (TPSA) is 174 Å². The number of hydrogen-bond donors (Lipinski definition) is 3. The Morgan fingerprint density at radius 3 is 2.28 bits per heavy atom. The van der Waals surface area contributed by atoms with E-state index in [-0.39, 0.29) is 31.7 Å². The highest BCUT2D eigenvalue weighted by molar-refractivity contribution is 5.85. The second-order valence-corrected chi connectivity index (χ2v) is 8.65. The summed E-state index contributed by atoms with van der Waals surface area (Å²) in [7, 11) is 0. The van der Waals surface area contributed by atoms with Gasteiger partial charge in [-0.1, -0.05) is 48.9 Å². The molecule has 210 valence electrons. The highest BCUT2D eigenvalue weighted by Crippen LogP contribution is 2.27. The first-order valence-electron chi connectivity index (χ1n) is 12.6. The number of carboxylic acid groups (broad SMARTS) is 1. The molecule has 12 heteroatoms. The number of nitrogens with one attached hydrogen (secondary N) is 2. The Balaban J connectivity index is 1.84. The molecule has 39 heavy (non-hydrogen) atoms. The molecule has 0 aromatic heterocycles. The monoisotopic (exact) mass is 543 g/mol. The minimum absolute atomic E-state index is 0.0363. The standard InChI is InChI=1S/C27H33N3O9/c1-2-38-24(32)17-22(20-12-14-21(15-13-20)30(36)37)25(26(33)34)29-23(31)11-7-4-8-16-28-27(35)39-18-19-9-5-3-6-10-19/h3,5-6,9-10,12-15,22,25H,2,4,7-8,11,16-18H2,1H3,(H,28,35)(H,29,31)(H,33,34)/t22-,25+/m1/s1. The smallest absolute Gasteiger partial charge is 0.407 e. The van der Waals surface area contributed by atoms with Gasteiger partial charge in [0.25, 0.3) is 5.69 Å². The number of esters is 1. The molecule has 0 aliphatic rings. The lowest BCUT2D eigenvalue weighted by Gasteiger charge is -2.25. The van der Waals surface area contributed by atoms with Gasteiger partial charge < -0.3 is 25.2 Å². The van der Waals surface area contributed by atoms with Crippen molar-refractivity contribution >= 4 is 29.6 Å². The van der Waals surface area contributed by atoms with Gasteiger partial charge in [-0.2, -0.15) is 0 Å². The Morgan fingerprint density at radius 1 is 0.974 bits per heavy atom. The number of hydrogen-bond acceptors (Lipinski definition) is 8. The van der Waals surface area contributed by atoms with E-state index in [9.17, 15) is 34.4 Å². The van der Waals surface area contributed by atoms with Crippen LogP contribution < -0.4 is 10.6 Å². The van der Waals surface area contributed by atoms with Crippen LogP contribution in [0, 0.1) is 10.1 Å². The summed E-state index contributed by atoms with van der Waals surface area (Å²) >= 11 is 0. The number of rotatable bonds is 16. The maximum atomic E-state index is 12.5. The zero-order chi connectivity index (χ0) is 28.6. The van der Waals surface area contributed by atoms with Crippen LogP contribution in [0.1, 0.15) is 56.1 Å². The molecule has 0 aliphatic heterocycles. The maximum Gasteiger partial charge on any atom is 0.407 e. The van der Waals surface area contributed by atoms with E-state index in [2.05, 4.69) is 10.6 Å². The first-order valence-corrected chi connectivity index (χ1v) is 12.6. The number of nitrogens with zero attached hydrogens (tertiary/aromatic N) is 1. The van der Waals surface area contributed by atoms with Gasteiger partial charge in [0.2, 0.25) is 5.91 Å². The Labute approximate surface area is 225 Å². The SMILES string of the molecule is CCOC(=O)C[C@H](c1ccc([N+](=O)[O-])cc1)[C@H](NC(=O)CCCCCNC(=O)OCc1ccccc1)C(=O)O. The molecule has 0 bridgehead atoms. The first-order chi connectivity index (χ1) is 18.7. The van der Waals surface area contributed by atoms with Gasteiger partial charge in [-0.15, -0.1) is 0 Å². The van der Waals surface area contributed by atoms with Crippen molar-refractivity contribution < 1.29 is 38.7 Å². The molecule has 0 aliphatic carbocycles. The van der Waals surface area contributed by atoms with Gasteiger partial charge >= 0.3 is 18.0 Å². The highest BCUT2D eigenvalue weighted by Gasteiger charge is 2.33. The normalized spacial score (nSPS) is 12.0. The first kappa shape index (κ1) is 30.7. The van der Waals surface area contributed by atoms with Crippen LogP contribution in [0.2, 0.25) is 0 Å². The van der Waals surface area contributed by atoms with E-state index >= 15 is 0 Å². The predicted octanol–water partition coefficient (Wildman–Crippen LogP) is 3.69. The van der Waals surface area contributed by atoms with Gasteiger partial charge in [-0.05, 0) is 30.9 Å². The number of carboxylic acids is 1. The van der Waals surface area contributed by atoms with E-state index in [4.69, 9.17) is 9.47 Å². The third kappa shape index (κ3) is 11.2. The Hall–Kier alpha value is -4.48. The number of ether oxygens (including phenoxy) is 2. The molecule has 0 unspecified atom stereocenters. The summed E-state index contributed by atoms with van der Waals surface area (Å²) in [5.74, 6) is -3.53.